The van der Waals surface area contributed by atoms with Gasteiger partial charge in [-0.2, -0.15) is 0 Å². The van der Waals surface area contributed by atoms with Gasteiger partial charge in [-0.25, -0.2) is 0 Å². The molecule has 4 rings (SSSR count). The summed E-state index contributed by atoms with van der Waals surface area (Å²) in [5, 5.41) is 9.96. The lowest BCUT2D eigenvalue weighted by Crippen LogP contribution is -2.58. The highest BCUT2D eigenvalue weighted by atomic mass is 32.2. The molecule has 2 amide bonds. The molecule has 0 aliphatic carbocycles. The van der Waals surface area contributed by atoms with Crippen molar-refractivity contribution >= 4 is 29.5 Å². The van der Waals surface area contributed by atoms with Gasteiger partial charge in [-0.05, 0) is 26.2 Å². The smallest absolute Gasteiger partial charge is 0.311 e. The molecule has 0 saturated carbocycles. The van der Waals surface area contributed by atoms with Crippen molar-refractivity contribution < 1.29 is 24.2 Å². The van der Waals surface area contributed by atoms with Crippen LogP contribution in [0.5, 0.6) is 0 Å². The molecular weight excluding hydrogens is 416 g/mol. The van der Waals surface area contributed by atoms with Gasteiger partial charge in [0.1, 0.15) is 6.04 Å². The van der Waals surface area contributed by atoms with Crippen molar-refractivity contribution in [2.45, 2.75) is 62.2 Å². The Balaban J connectivity index is 1.89. The highest BCUT2D eigenvalue weighted by Crippen LogP contribution is 2.61. The molecule has 4 aliphatic heterocycles. The third-order valence-electron chi connectivity index (χ3n) is 7.03. The van der Waals surface area contributed by atoms with E-state index < -0.39 is 28.7 Å². The number of thioether (sulfide) groups is 1. The number of cyclic esters (lactones) is 1. The topological polar surface area (TPSA) is 87.2 Å². The average Bonchev–Trinajstić information content (AvgIpc) is 3.06. The summed E-state index contributed by atoms with van der Waals surface area (Å²) in [5.74, 6) is -2.09. The van der Waals surface area contributed by atoms with Crippen molar-refractivity contribution in [2.75, 3.05) is 19.8 Å². The number of ether oxygens (including phenoxy) is 1. The molecule has 1 spiro atoms. The number of carbonyl (C=O) groups is 3. The van der Waals surface area contributed by atoms with E-state index in [4.69, 9.17) is 4.74 Å². The second-order valence-electron chi connectivity index (χ2n) is 9.45. The molecule has 1 N–H and O–H groups in total. The van der Waals surface area contributed by atoms with Crippen LogP contribution >= 0.6 is 11.8 Å². The van der Waals surface area contributed by atoms with Gasteiger partial charge in [0.05, 0.1) is 35.8 Å². The largest absolute Gasteiger partial charge is 0.465 e. The lowest BCUT2D eigenvalue weighted by atomic mass is 9.78. The van der Waals surface area contributed by atoms with Gasteiger partial charge in [-0.15, -0.1) is 11.8 Å². The third kappa shape index (κ3) is 3.33. The van der Waals surface area contributed by atoms with Crippen LogP contribution in [0.2, 0.25) is 0 Å². The number of hydrogen-bond donors (Lipinski definition) is 1. The third-order valence-corrected chi connectivity index (χ3v) is 8.77. The molecule has 8 heteroatoms. The van der Waals surface area contributed by atoms with Gasteiger partial charge in [0.15, 0.2) is 0 Å². The number of esters is 1. The van der Waals surface area contributed by atoms with E-state index >= 15 is 0 Å². The van der Waals surface area contributed by atoms with Crippen LogP contribution in [0.15, 0.2) is 24.3 Å². The SMILES string of the molecule is CC(C)[C@H](CO)N1C(=O)[C@@H]2[C@@H]3C(=O)OCCC=C[C@@H]3S[C@@]23C=CCN(C(C)C)C(=O)C13. The van der Waals surface area contributed by atoms with E-state index in [2.05, 4.69) is 0 Å². The minimum absolute atomic E-state index is 0.0279. The first kappa shape index (κ1) is 22.4. The van der Waals surface area contributed by atoms with Crippen molar-refractivity contribution in [3.05, 3.63) is 24.3 Å². The number of aliphatic hydroxyl groups is 1. The fourth-order valence-corrected chi connectivity index (χ4v) is 7.49. The Bertz CT molecular complexity index is 825. The molecule has 0 radical (unpaired) electrons. The van der Waals surface area contributed by atoms with Crippen LogP contribution in [0, 0.1) is 17.8 Å². The zero-order valence-corrected chi connectivity index (χ0v) is 19.4. The Morgan fingerprint density at radius 2 is 1.94 bits per heavy atom. The Morgan fingerprint density at radius 1 is 1.19 bits per heavy atom. The Labute approximate surface area is 187 Å². The number of amides is 2. The quantitative estimate of drug-likeness (QED) is 0.519. The summed E-state index contributed by atoms with van der Waals surface area (Å²) in [5.41, 5.74) is 0. The molecule has 2 fully saturated rings. The summed E-state index contributed by atoms with van der Waals surface area (Å²) in [6, 6.07) is -1.28. The van der Waals surface area contributed by atoms with Crippen LogP contribution in [-0.2, 0) is 19.1 Å². The molecule has 170 valence electrons. The first-order valence-electron chi connectivity index (χ1n) is 11.2. The highest BCUT2D eigenvalue weighted by molar-refractivity contribution is 8.02. The molecule has 2 saturated heterocycles. The zero-order chi connectivity index (χ0) is 22.5. The summed E-state index contributed by atoms with van der Waals surface area (Å²) in [6.45, 7) is 8.33. The summed E-state index contributed by atoms with van der Waals surface area (Å²) < 4.78 is 4.62. The zero-order valence-electron chi connectivity index (χ0n) is 18.6. The molecule has 4 aliphatic rings. The van der Waals surface area contributed by atoms with Crippen LogP contribution in [0.25, 0.3) is 0 Å². The molecule has 1 unspecified atom stereocenters. The van der Waals surface area contributed by atoms with E-state index in [1.165, 1.54) is 11.8 Å². The fourth-order valence-electron chi connectivity index (χ4n) is 5.51. The van der Waals surface area contributed by atoms with Crippen molar-refractivity contribution in [1.82, 2.24) is 9.80 Å². The van der Waals surface area contributed by atoms with Crippen molar-refractivity contribution in [2.24, 2.45) is 17.8 Å². The minimum Gasteiger partial charge on any atom is -0.465 e. The summed E-state index contributed by atoms with van der Waals surface area (Å²) in [7, 11) is 0. The number of fused-ring (bicyclic) bond motifs is 2. The maximum absolute atomic E-state index is 14.0. The highest BCUT2D eigenvalue weighted by Gasteiger charge is 2.71. The minimum atomic E-state index is -0.858. The standard InChI is InChI=1S/C23H32N2O5S/c1-13(2)15(12-26)25-19-21(28)24(14(3)4)10-7-9-23(19)18(20(25)27)17-16(31-23)8-5-6-11-30-22(17)29/h5,7-9,13-19,26H,6,10-12H2,1-4H3/t15-,16-,17+,18-,19?,23-/m0/s1. The van der Waals surface area contributed by atoms with E-state index in [1.807, 2.05) is 52.0 Å². The second kappa shape index (κ2) is 8.28. The van der Waals surface area contributed by atoms with Gasteiger partial charge in [0, 0.05) is 17.8 Å². The molecular formula is C23H32N2O5S. The van der Waals surface area contributed by atoms with Crippen molar-refractivity contribution in [3.63, 3.8) is 0 Å². The van der Waals surface area contributed by atoms with Gasteiger partial charge in [-0.1, -0.05) is 38.2 Å². The number of carbonyl (C=O) groups excluding carboxylic acids is 3. The van der Waals surface area contributed by atoms with E-state index in [9.17, 15) is 19.5 Å². The number of nitrogens with zero attached hydrogens (tertiary/aromatic N) is 2. The fraction of sp³-hybridized carbons (Fsp3) is 0.696. The summed E-state index contributed by atoms with van der Waals surface area (Å²) in [4.78, 5) is 44.2. The first-order chi connectivity index (χ1) is 14.7. The molecule has 4 heterocycles. The van der Waals surface area contributed by atoms with Crippen LogP contribution in [0.3, 0.4) is 0 Å². The maximum Gasteiger partial charge on any atom is 0.311 e. The Morgan fingerprint density at radius 3 is 2.58 bits per heavy atom. The maximum atomic E-state index is 14.0. The van der Waals surface area contributed by atoms with Crippen LogP contribution in [0.1, 0.15) is 34.1 Å². The monoisotopic (exact) mass is 448 g/mol. The van der Waals surface area contributed by atoms with Crippen LogP contribution < -0.4 is 0 Å². The second-order valence-corrected chi connectivity index (χ2v) is 10.9. The molecule has 31 heavy (non-hydrogen) atoms. The van der Waals surface area contributed by atoms with Gasteiger partial charge in [-0.3, -0.25) is 14.4 Å². The summed E-state index contributed by atoms with van der Waals surface area (Å²) in [6.07, 6.45) is 8.61. The van der Waals surface area contributed by atoms with Crippen LogP contribution in [0.4, 0.5) is 0 Å². The molecule has 6 atom stereocenters. The Hall–Kier alpha value is -1.80. The number of likely N-dealkylation sites (tertiary alicyclic amines) is 1. The molecule has 0 aromatic rings. The first-order valence-corrected chi connectivity index (χ1v) is 12.0. The molecule has 0 aromatic carbocycles. The lowest BCUT2D eigenvalue weighted by Gasteiger charge is -2.40. The number of hydrogen-bond acceptors (Lipinski definition) is 6. The van der Waals surface area contributed by atoms with Gasteiger partial charge in [0.25, 0.3) is 0 Å². The van der Waals surface area contributed by atoms with Gasteiger partial charge < -0.3 is 19.6 Å². The van der Waals surface area contributed by atoms with E-state index in [1.54, 1.807) is 9.80 Å². The van der Waals surface area contributed by atoms with Crippen LogP contribution in [-0.4, -0.2) is 80.6 Å². The number of rotatable bonds is 4. The molecule has 7 nitrogen and oxygen atoms in total. The van der Waals surface area contributed by atoms with Crippen molar-refractivity contribution in [1.29, 1.82) is 0 Å². The van der Waals surface area contributed by atoms with Crippen molar-refractivity contribution in [3.8, 4) is 0 Å². The number of aliphatic hydroxyl groups excluding tert-OH is 1. The molecule has 0 bridgehead atoms. The van der Waals surface area contributed by atoms with Gasteiger partial charge in [0.2, 0.25) is 11.8 Å². The predicted octanol–water partition coefficient (Wildman–Crippen LogP) is 1.61. The average molecular weight is 449 g/mol. The Kier molecular flexibility index (Phi) is 5.98. The molecule has 0 aromatic heterocycles. The normalized spacial score (nSPS) is 36.2. The van der Waals surface area contributed by atoms with Gasteiger partial charge >= 0.3 is 5.97 Å². The predicted molar refractivity (Wildman–Crippen MR) is 118 cm³/mol. The lowest BCUT2D eigenvalue weighted by molar-refractivity contribution is -0.154. The summed E-state index contributed by atoms with van der Waals surface area (Å²) >= 11 is 1.53. The van der Waals surface area contributed by atoms with E-state index in [-0.39, 0.29) is 41.6 Å². The van der Waals surface area contributed by atoms with E-state index in [0.29, 0.717) is 19.6 Å². The van der Waals surface area contributed by atoms with E-state index in [0.717, 1.165) is 0 Å².